The van der Waals surface area contributed by atoms with E-state index in [2.05, 4.69) is 5.32 Å². The van der Waals surface area contributed by atoms with Crippen LogP contribution in [0, 0.1) is 11.8 Å². The topological polar surface area (TPSA) is 75.6 Å². The molecule has 26 heavy (non-hydrogen) atoms. The van der Waals surface area contributed by atoms with Crippen molar-refractivity contribution in [3.63, 3.8) is 0 Å². The maximum atomic E-state index is 12.6. The summed E-state index contributed by atoms with van der Waals surface area (Å²) in [7, 11) is 0. The minimum absolute atomic E-state index is 0.107. The second kappa shape index (κ2) is 8.23. The van der Waals surface area contributed by atoms with Gasteiger partial charge < -0.3 is 15.2 Å². The van der Waals surface area contributed by atoms with Crippen molar-refractivity contribution in [2.75, 3.05) is 5.32 Å². The molecule has 136 valence electrons. The number of halogens is 1. The van der Waals surface area contributed by atoms with Gasteiger partial charge in [0.1, 0.15) is 5.75 Å². The zero-order valence-corrected chi connectivity index (χ0v) is 14.9. The lowest BCUT2D eigenvalue weighted by atomic mass is 9.81. The van der Waals surface area contributed by atoms with Crippen molar-refractivity contribution in [2.24, 2.45) is 11.8 Å². The second-order valence-electron chi connectivity index (χ2n) is 6.40. The molecular weight excluding hydrogens is 354 g/mol. The Morgan fingerprint density at radius 3 is 2.15 bits per heavy atom. The van der Waals surface area contributed by atoms with E-state index in [9.17, 15) is 9.59 Å². The highest BCUT2D eigenvalue weighted by molar-refractivity contribution is 6.32. The number of para-hydroxylation sites is 3. The zero-order chi connectivity index (χ0) is 18.5. The Hall–Kier alpha value is -2.53. The highest BCUT2D eigenvalue weighted by Gasteiger charge is 2.30. The first kappa shape index (κ1) is 18.3. The monoisotopic (exact) mass is 373 g/mol. The van der Waals surface area contributed by atoms with E-state index in [-0.39, 0.29) is 17.7 Å². The molecule has 0 aliphatic heterocycles. The van der Waals surface area contributed by atoms with Gasteiger partial charge >= 0.3 is 5.97 Å². The van der Waals surface area contributed by atoms with Gasteiger partial charge in [0.2, 0.25) is 5.91 Å². The van der Waals surface area contributed by atoms with E-state index in [0.29, 0.717) is 47.9 Å². The van der Waals surface area contributed by atoms with Crippen LogP contribution in [0.4, 0.5) is 5.69 Å². The number of nitrogens with one attached hydrogen (secondary N) is 1. The average Bonchev–Trinajstić information content (AvgIpc) is 2.65. The van der Waals surface area contributed by atoms with Crippen molar-refractivity contribution in [3.8, 4) is 11.5 Å². The van der Waals surface area contributed by atoms with Crippen molar-refractivity contribution in [2.45, 2.75) is 25.7 Å². The van der Waals surface area contributed by atoms with Crippen LogP contribution in [-0.4, -0.2) is 17.0 Å². The Kier molecular flexibility index (Phi) is 5.78. The lowest BCUT2D eigenvalue weighted by Gasteiger charge is -2.25. The fourth-order valence-corrected chi connectivity index (χ4v) is 3.32. The first-order valence-electron chi connectivity index (χ1n) is 8.59. The summed E-state index contributed by atoms with van der Waals surface area (Å²) in [5.41, 5.74) is 0.567. The molecule has 5 nitrogen and oxygen atoms in total. The maximum absolute atomic E-state index is 12.6. The van der Waals surface area contributed by atoms with Gasteiger partial charge in [-0.2, -0.15) is 0 Å². The van der Waals surface area contributed by atoms with E-state index in [1.807, 2.05) is 24.3 Å². The van der Waals surface area contributed by atoms with Crippen molar-refractivity contribution in [1.29, 1.82) is 0 Å². The summed E-state index contributed by atoms with van der Waals surface area (Å²) in [5, 5.41) is 12.5. The largest absolute Gasteiger partial charge is 0.481 e. The van der Waals surface area contributed by atoms with Crippen molar-refractivity contribution in [3.05, 3.63) is 53.6 Å². The van der Waals surface area contributed by atoms with E-state index in [4.69, 9.17) is 21.4 Å². The molecule has 0 atom stereocenters. The molecule has 0 spiro atoms. The van der Waals surface area contributed by atoms with Gasteiger partial charge in [0.25, 0.3) is 0 Å². The van der Waals surface area contributed by atoms with E-state index < -0.39 is 5.97 Å². The smallest absolute Gasteiger partial charge is 0.306 e. The summed E-state index contributed by atoms with van der Waals surface area (Å²) in [6, 6.07) is 14.3. The maximum Gasteiger partial charge on any atom is 0.306 e. The van der Waals surface area contributed by atoms with Crippen LogP contribution in [-0.2, 0) is 9.59 Å². The Bertz CT molecular complexity index is 800. The third kappa shape index (κ3) is 4.35. The molecule has 0 heterocycles. The number of carboxylic acid groups (broad SMARTS) is 1. The highest BCUT2D eigenvalue weighted by atomic mass is 35.5. The number of amides is 1. The molecule has 0 bridgehead atoms. The number of ether oxygens (including phenoxy) is 1. The van der Waals surface area contributed by atoms with Crippen LogP contribution in [0.3, 0.4) is 0 Å². The summed E-state index contributed by atoms with van der Waals surface area (Å²) in [6.45, 7) is 0. The molecule has 1 saturated carbocycles. The SMILES string of the molecule is O=C(O)C1CCC(C(=O)Nc2ccccc2Oc2ccccc2Cl)CC1. The van der Waals surface area contributed by atoms with Gasteiger partial charge in [-0.1, -0.05) is 35.9 Å². The highest BCUT2D eigenvalue weighted by Crippen LogP contribution is 2.35. The Morgan fingerprint density at radius 2 is 1.50 bits per heavy atom. The number of hydrogen-bond donors (Lipinski definition) is 2. The normalized spacial score (nSPS) is 19.6. The quantitative estimate of drug-likeness (QED) is 0.776. The van der Waals surface area contributed by atoms with Gasteiger partial charge in [0, 0.05) is 5.92 Å². The fraction of sp³-hybridized carbons (Fsp3) is 0.300. The second-order valence-corrected chi connectivity index (χ2v) is 6.81. The summed E-state index contributed by atoms with van der Waals surface area (Å²) in [5.74, 6) is -0.383. The summed E-state index contributed by atoms with van der Waals surface area (Å²) in [4.78, 5) is 23.6. The molecule has 2 N–H and O–H groups in total. The Balaban J connectivity index is 1.68. The van der Waals surface area contributed by atoms with Crippen molar-refractivity contribution < 1.29 is 19.4 Å². The molecular formula is C20H20ClNO4. The molecule has 0 aromatic heterocycles. The minimum Gasteiger partial charge on any atom is -0.481 e. The standard InChI is InChI=1S/C20H20ClNO4/c21-15-5-1-3-7-17(15)26-18-8-4-2-6-16(18)22-19(23)13-9-11-14(12-10-13)20(24)25/h1-8,13-14H,9-12H2,(H,22,23)(H,24,25). The third-order valence-corrected chi connectivity index (χ3v) is 4.96. The molecule has 1 aliphatic rings. The summed E-state index contributed by atoms with van der Waals surface area (Å²) >= 11 is 6.13. The van der Waals surface area contributed by atoms with Crippen LogP contribution in [0.2, 0.25) is 5.02 Å². The summed E-state index contributed by atoms with van der Waals surface area (Å²) in [6.07, 6.45) is 2.23. The molecule has 1 fully saturated rings. The average molecular weight is 374 g/mol. The lowest BCUT2D eigenvalue weighted by Crippen LogP contribution is -2.29. The van der Waals surface area contributed by atoms with Crippen LogP contribution in [0.25, 0.3) is 0 Å². The van der Waals surface area contributed by atoms with Crippen molar-refractivity contribution >= 4 is 29.2 Å². The van der Waals surface area contributed by atoms with Crippen LogP contribution in [0.1, 0.15) is 25.7 Å². The van der Waals surface area contributed by atoms with Gasteiger partial charge in [-0.15, -0.1) is 0 Å². The molecule has 0 unspecified atom stereocenters. The third-order valence-electron chi connectivity index (χ3n) is 4.65. The molecule has 1 aliphatic carbocycles. The zero-order valence-electron chi connectivity index (χ0n) is 14.2. The number of carbonyl (C=O) groups excluding carboxylic acids is 1. The number of benzene rings is 2. The van der Waals surface area contributed by atoms with Crippen LogP contribution >= 0.6 is 11.6 Å². The Labute approximate surface area is 156 Å². The molecule has 1 amide bonds. The lowest BCUT2D eigenvalue weighted by molar-refractivity contribution is -0.143. The van der Waals surface area contributed by atoms with Gasteiger partial charge in [-0.25, -0.2) is 0 Å². The number of hydrogen-bond acceptors (Lipinski definition) is 3. The first-order chi connectivity index (χ1) is 12.5. The van der Waals surface area contributed by atoms with E-state index in [0.717, 1.165) is 0 Å². The van der Waals surface area contributed by atoms with E-state index in [1.54, 1.807) is 24.3 Å². The predicted molar refractivity (Wildman–Crippen MR) is 99.7 cm³/mol. The van der Waals surface area contributed by atoms with Crippen LogP contribution in [0.5, 0.6) is 11.5 Å². The molecule has 2 aromatic carbocycles. The van der Waals surface area contributed by atoms with Crippen LogP contribution < -0.4 is 10.1 Å². The van der Waals surface area contributed by atoms with E-state index in [1.165, 1.54) is 0 Å². The molecule has 0 radical (unpaired) electrons. The Morgan fingerprint density at radius 1 is 0.923 bits per heavy atom. The molecule has 2 aromatic rings. The molecule has 3 rings (SSSR count). The van der Waals surface area contributed by atoms with Crippen LogP contribution in [0.15, 0.2) is 48.5 Å². The summed E-state index contributed by atoms with van der Waals surface area (Å²) < 4.78 is 5.85. The number of carboxylic acids is 1. The van der Waals surface area contributed by atoms with Gasteiger partial charge in [-0.3, -0.25) is 9.59 Å². The molecule has 6 heteroatoms. The van der Waals surface area contributed by atoms with Crippen molar-refractivity contribution in [1.82, 2.24) is 0 Å². The predicted octanol–water partition coefficient (Wildman–Crippen LogP) is 4.96. The van der Waals surface area contributed by atoms with Gasteiger partial charge in [0.15, 0.2) is 5.75 Å². The first-order valence-corrected chi connectivity index (χ1v) is 8.97. The number of anilines is 1. The minimum atomic E-state index is -0.776. The van der Waals surface area contributed by atoms with E-state index >= 15 is 0 Å². The van der Waals surface area contributed by atoms with Gasteiger partial charge in [0.05, 0.1) is 16.6 Å². The van der Waals surface area contributed by atoms with Gasteiger partial charge in [-0.05, 0) is 49.9 Å². The number of carbonyl (C=O) groups is 2. The number of rotatable bonds is 5. The fourth-order valence-electron chi connectivity index (χ4n) is 3.14. The number of aliphatic carboxylic acids is 1. The molecule has 0 saturated heterocycles.